The first kappa shape index (κ1) is 15.9. The van der Waals surface area contributed by atoms with E-state index in [-0.39, 0.29) is 5.91 Å². The number of amides is 1. The number of anilines is 1. The normalized spacial score (nSPS) is 17.8. The second kappa shape index (κ2) is 6.06. The molecule has 0 saturated heterocycles. The largest absolute Gasteiger partial charge is 0.358 e. The zero-order chi connectivity index (χ0) is 16.8. The summed E-state index contributed by atoms with van der Waals surface area (Å²) in [6.07, 6.45) is 7.90. The summed E-state index contributed by atoms with van der Waals surface area (Å²) in [4.78, 5) is 16.2. The Morgan fingerprint density at radius 1 is 1.25 bits per heavy atom. The molecule has 2 heterocycles. The topological polar surface area (TPSA) is 44.9 Å². The molecule has 24 heavy (non-hydrogen) atoms. The van der Waals surface area contributed by atoms with E-state index >= 15 is 0 Å². The molecule has 1 aliphatic heterocycles. The minimum absolute atomic E-state index is 0.00438. The van der Waals surface area contributed by atoms with E-state index in [1.165, 1.54) is 38.8 Å². The van der Waals surface area contributed by atoms with Crippen molar-refractivity contribution < 1.29 is 4.79 Å². The highest BCUT2D eigenvalue weighted by Crippen LogP contribution is 2.38. The second-order valence-electron chi connectivity index (χ2n) is 6.64. The van der Waals surface area contributed by atoms with Crippen LogP contribution < -0.4 is 5.32 Å². The van der Waals surface area contributed by atoms with Gasteiger partial charge in [-0.25, -0.2) is 0 Å². The predicted octanol–water partition coefficient (Wildman–Crippen LogP) is 4.86. The van der Waals surface area contributed by atoms with E-state index in [0.717, 1.165) is 41.8 Å². The number of fused-ring (bicyclic) bond motifs is 2. The third-order valence-corrected chi connectivity index (χ3v) is 6.41. The molecule has 124 valence electrons. The van der Waals surface area contributed by atoms with Gasteiger partial charge >= 0.3 is 0 Å². The van der Waals surface area contributed by atoms with Crippen molar-refractivity contribution in [3.05, 3.63) is 49.3 Å². The molecule has 2 N–H and O–H groups in total. The molecule has 3 nitrogen and oxygen atoms in total. The van der Waals surface area contributed by atoms with E-state index in [9.17, 15) is 4.79 Å². The van der Waals surface area contributed by atoms with Crippen molar-refractivity contribution in [2.24, 2.45) is 0 Å². The molecule has 0 atom stereocenters. The molecule has 1 amide bonds. The van der Waals surface area contributed by atoms with Crippen LogP contribution in [0.25, 0.3) is 11.6 Å². The van der Waals surface area contributed by atoms with Crippen molar-refractivity contribution in [1.82, 2.24) is 4.98 Å². The standard InChI is InChI=1S/C20H21IN2O/c1-3-12-13-6-4-5-7-16(13)22-18(12)10-14-19-11(2)15(21)8-9-17(19)23-20(14)24/h8-10,22H,3-7H2,1-2H3,(H,23,24). The Morgan fingerprint density at radius 2 is 2.04 bits per heavy atom. The molecule has 0 bridgehead atoms. The molecule has 0 unspecified atom stereocenters. The van der Waals surface area contributed by atoms with Crippen LogP contribution in [0.1, 0.15) is 53.4 Å². The fourth-order valence-electron chi connectivity index (χ4n) is 4.03. The van der Waals surface area contributed by atoms with Crippen LogP contribution in [0.2, 0.25) is 0 Å². The third kappa shape index (κ3) is 2.42. The van der Waals surface area contributed by atoms with E-state index in [4.69, 9.17) is 0 Å². The summed E-state index contributed by atoms with van der Waals surface area (Å²) in [5.41, 5.74) is 9.33. The Hall–Kier alpha value is -1.56. The van der Waals surface area contributed by atoms with E-state index < -0.39 is 0 Å². The molecule has 0 radical (unpaired) electrons. The number of carbonyl (C=O) groups excluding carboxylic acids is 1. The fraction of sp³-hybridized carbons (Fsp3) is 0.350. The molecule has 4 rings (SSSR count). The molecule has 1 aromatic heterocycles. The van der Waals surface area contributed by atoms with Crippen molar-refractivity contribution in [3.63, 3.8) is 0 Å². The van der Waals surface area contributed by atoms with Gasteiger partial charge in [-0.1, -0.05) is 6.92 Å². The molecule has 4 heteroatoms. The minimum Gasteiger partial charge on any atom is -0.358 e. The van der Waals surface area contributed by atoms with Crippen molar-refractivity contribution in [2.45, 2.75) is 46.0 Å². The van der Waals surface area contributed by atoms with E-state index in [1.54, 1.807) is 0 Å². The van der Waals surface area contributed by atoms with Crippen LogP contribution >= 0.6 is 22.6 Å². The first-order valence-electron chi connectivity index (χ1n) is 8.65. The van der Waals surface area contributed by atoms with Crippen molar-refractivity contribution >= 4 is 45.8 Å². The van der Waals surface area contributed by atoms with Crippen LogP contribution in [0.15, 0.2) is 12.1 Å². The molecular formula is C20H21IN2O. The number of rotatable bonds is 2. The maximum atomic E-state index is 12.5. The van der Waals surface area contributed by atoms with Crippen LogP contribution in [0.3, 0.4) is 0 Å². The average molecular weight is 432 g/mol. The number of aryl methyl sites for hydroxylation is 1. The maximum absolute atomic E-state index is 12.5. The van der Waals surface area contributed by atoms with Crippen molar-refractivity contribution in [1.29, 1.82) is 0 Å². The molecule has 2 aliphatic rings. The Morgan fingerprint density at radius 3 is 2.83 bits per heavy atom. The summed E-state index contributed by atoms with van der Waals surface area (Å²) >= 11 is 2.34. The molecule has 1 aliphatic carbocycles. The Kier molecular flexibility index (Phi) is 4.03. The Bertz CT molecular complexity index is 876. The average Bonchev–Trinajstić information content (AvgIpc) is 3.09. The Balaban J connectivity index is 1.88. The van der Waals surface area contributed by atoms with Gasteiger partial charge in [0.1, 0.15) is 0 Å². The van der Waals surface area contributed by atoms with Crippen molar-refractivity contribution in [3.8, 4) is 0 Å². The van der Waals surface area contributed by atoms with Gasteiger partial charge in [0.15, 0.2) is 0 Å². The van der Waals surface area contributed by atoms with Gasteiger partial charge < -0.3 is 10.3 Å². The van der Waals surface area contributed by atoms with Crippen LogP contribution in [-0.2, 0) is 24.1 Å². The predicted molar refractivity (Wildman–Crippen MR) is 107 cm³/mol. The second-order valence-corrected chi connectivity index (χ2v) is 7.80. The lowest BCUT2D eigenvalue weighted by Gasteiger charge is -2.11. The van der Waals surface area contributed by atoms with Gasteiger partial charge in [-0.05, 0) is 96.5 Å². The first-order valence-corrected chi connectivity index (χ1v) is 9.73. The molecule has 1 aromatic carbocycles. The molecular weight excluding hydrogens is 411 g/mol. The van der Waals surface area contributed by atoms with E-state index in [1.807, 2.05) is 6.07 Å². The summed E-state index contributed by atoms with van der Waals surface area (Å²) in [6, 6.07) is 4.06. The lowest BCUT2D eigenvalue weighted by molar-refractivity contribution is -0.110. The number of H-pyrrole nitrogens is 1. The lowest BCUT2D eigenvalue weighted by Crippen LogP contribution is -2.04. The van der Waals surface area contributed by atoms with E-state index in [2.05, 4.69) is 58.9 Å². The van der Waals surface area contributed by atoms with Gasteiger partial charge in [0.05, 0.1) is 5.57 Å². The van der Waals surface area contributed by atoms with Crippen molar-refractivity contribution in [2.75, 3.05) is 5.32 Å². The highest BCUT2D eigenvalue weighted by molar-refractivity contribution is 14.1. The molecule has 2 aromatic rings. The minimum atomic E-state index is 0.00438. The number of carbonyl (C=O) groups is 1. The Labute approximate surface area is 156 Å². The summed E-state index contributed by atoms with van der Waals surface area (Å²) in [5.74, 6) is 0.00438. The number of halogens is 1. The SMILES string of the molecule is CCc1c(C=C2C(=O)Nc3ccc(I)c(C)c32)[nH]c2c1CCCC2. The number of aromatic nitrogens is 1. The zero-order valence-electron chi connectivity index (χ0n) is 14.1. The number of hydrogen-bond donors (Lipinski definition) is 2. The van der Waals surface area contributed by atoms with Crippen LogP contribution in [0.4, 0.5) is 5.69 Å². The maximum Gasteiger partial charge on any atom is 0.256 e. The molecule has 0 fully saturated rings. The lowest BCUT2D eigenvalue weighted by atomic mass is 9.93. The van der Waals surface area contributed by atoms with Gasteiger partial charge in [0, 0.05) is 26.2 Å². The summed E-state index contributed by atoms with van der Waals surface area (Å²) in [6.45, 7) is 4.30. The highest BCUT2D eigenvalue weighted by atomic mass is 127. The number of aromatic amines is 1. The third-order valence-electron chi connectivity index (χ3n) is 5.25. The summed E-state index contributed by atoms with van der Waals surface area (Å²) in [5, 5.41) is 3.01. The van der Waals surface area contributed by atoms with Crippen LogP contribution in [-0.4, -0.2) is 10.9 Å². The number of benzene rings is 1. The zero-order valence-corrected chi connectivity index (χ0v) is 16.2. The number of nitrogens with one attached hydrogen (secondary N) is 2. The quantitative estimate of drug-likeness (QED) is 0.517. The summed E-state index contributed by atoms with van der Waals surface area (Å²) < 4.78 is 1.19. The van der Waals surface area contributed by atoms with Gasteiger partial charge in [0.25, 0.3) is 5.91 Å². The monoisotopic (exact) mass is 432 g/mol. The van der Waals surface area contributed by atoms with Gasteiger partial charge in [-0.3, -0.25) is 4.79 Å². The van der Waals surface area contributed by atoms with E-state index in [0.29, 0.717) is 0 Å². The van der Waals surface area contributed by atoms with Crippen LogP contribution in [0.5, 0.6) is 0 Å². The highest BCUT2D eigenvalue weighted by Gasteiger charge is 2.28. The fourth-order valence-corrected chi connectivity index (χ4v) is 4.48. The molecule has 0 saturated carbocycles. The van der Waals surface area contributed by atoms with Crippen LogP contribution in [0, 0.1) is 10.5 Å². The number of hydrogen-bond acceptors (Lipinski definition) is 1. The van der Waals surface area contributed by atoms with Gasteiger partial charge in [-0.2, -0.15) is 0 Å². The van der Waals surface area contributed by atoms with Gasteiger partial charge in [-0.15, -0.1) is 0 Å². The van der Waals surface area contributed by atoms with Gasteiger partial charge in [0.2, 0.25) is 0 Å². The molecule has 0 spiro atoms. The summed E-state index contributed by atoms with van der Waals surface area (Å²) in [7, 11) is 0. The first-order chi connectivity index (χ1) is 11.6. The smallest absolute Gasteiger partial charge is 0.256 e.